The minimum absolute atomic E-state index is 0.00677. The Morgan fingerprint density at radius 2 is 1.87 bits per heavy atom. The molecule has 39 heavy (non-hydrogen) atoms. The molecule has 4 rings (SSSR count). The fourth-order valence-electron chi connectivity index (χ4n) is 5.49. The van der Waals surface area contributed by atoms with E-state index in [4.69, 9.17) is 4.74 Å². The number of hydrogen-bond acceptors (Lipinski definition) is 5. The molecule has 1 aliphatic rings. The summed E-state index contributed by atoms with van der Waals surface area (Å²) in [6.07, 6.45) is -4.08. The second-order valence-electron chi connectivity index (χ2n) is 10.1. The van der Waals surface area contributed by atoms with Crippen LogP contribution in [0.3, 0.4) is 0 Å². The van der Waals surface area contributed by atoms with Crippen LogP contribution in [-0.2, 0) is 11.3 Å². The number of ether oxygens (including phenoxy) is 1. The number of carbonyl (C=O) groups is 2. The SMILES string of the molecule is COc1cc(C)[nH]c(=O)c1CNC(=O)c1c(C)c(C(C)C2CCN(C(=O)C(F)(F)F)CC2)n2nc(C)ccc12. The molecule has 0 spiro atoms. The summed E-state index contributed by atoms with van der Waals surface area (Å²) >= 11 is 0. The minimum atomic E-state index is -4.88. The van der Waals surface area contributed by atoms with E-state index in [1.807, 2.05) is 26.8 Å². The maximum Gasteiger partial charge on any atom is 0.471 e. The third-order valence-electron chi connectivity index (χ3n) is 7.52. The Morgan fingerprint density at radius 3 is 2.49 bits per heavy atom. The van der Waals surface area contributed by atoms with Crippen LogP contribution < -0.4 is 15.6 Å². The van der Waals surface area contributed by atoms with Gasteiger partial charge in [0.2, 0.25) is 0 Å². The Bertz CT molecular complexity index is 1470. The molecule has 2 amide bonds. The lowest BCUT2D eigenvalue weighted by Crippen LogP contribution is -2.45. The number of fused-ring (bicyclic) bond motifs is 1. The lowest BCUT2D eigenvalue weighted by atomic mass is 9.82. The molecule has 0 bridgehead atoms. The zero-order chi connectivity index (χ0) is 28.6. The first-order valence-electron chi connectivity index (χ1n) is 12.7. The van der Waals surface area contributed by atoms with Gasteiger partial charge in [-0.25, -0.2) is 4.52 Å². The van der Waals surface area contributed by atoms with E-state index < -0.39 is 12.1 Å². The van der Waals surface area contributed by atoms with Crippen LogP contribution in [0.15, 0.2) is 23.0 Å². The lowest BCUT2D eigenvalue weighted by Gasteiger charge is -2.35. The summed E-state index contributed by atoms with van der Waals surface area (Å²) in [5.41, 5.74) is 3.81. The largest absolute Gasteiger partial charge is 0.496 e. The molecule has 0 radical (unpaired) electrons. The van der Waals surface area contributed by atoms with Gasteiger partial charge in [-0.05, 0) is 63.3 Å². The van der Waals surface area contributed by atoms with Crippen LogP contribution in [0.2, 0.25) is 0 Å². The molecule has 210 valence electrons. The van der Waals surface area contributed by atoms with E-state index in [0.29, 0.717) is 46.5 Å². The number of carbonyl (C=O) groups excluding carboxylic acids is 2. The van der Waals surface area contributed by atoms with Crippen molar-refractivity contribution in [3.8, 4) is 5.75 Å². The molecule has 3 aromatic rings. The number of H-pyrrole nitrogens is 1. The Hall–Kier alpha value is -3.83. The second-order valence-corrected chi connectivity index (χ2v) is 10.1. The van der Waals surface area contributed by atoms with Crippen molar-refractivity contribution < 1.29 is 27.5 Å². The number of halogens is 3. The van der Waals surface area contributed by atoms with Crippen LogP contribution >= 0.6 is 0 Å². The van der Waals surface area contributed by atoms with Gasteiger partial charge in [-0.2, -0.15) is 18.3 Å². The first-order chi connectivity index (χ1) is 18.3. The smallest absolute Gasteiger partial charge is 0.471 e. The Balaban J connectivity index is 1.62. The summed E-state index contributed by atoms with van der Waals surface area (Å²) in [5.74, 6) is -1.97. The third kappa shape index (κ3) is 5.50. The molecule has 0 aromatic carbocycles. The highest BCUT2D eigenvalue weighted by Crippen LogP contribution is 2.37. The number of alkyl halides is 3. The number of methoxy groups -OCH3 is 1. The summed E-state index contributed by atoms with van der Waals surface area (Å²) in [6.45, 7) is 7.35. The van der Waals surface area contributed by atoms with E-state index in [1.165, 1.54) is 7.11 Å². The fourth-order valence-corrected chi connectivity index (χ4v) is 5.49. The van der Waals surface area contributed by atoms with Crippen LogP contribution in [0.4, 0.5) is 13.2 Å². The number of nitrogens with zero attached hydrogens (tertiary/aromatic N) is 3. The van der Waals surface area contributed by atoms with Crippen molar-refractivity contribution in [2.24, 2.45) is 5.92 Å². The standard InChI is InChI=1S/C27H32F3N5O4/c1-14-6-7-20-22(25(37)31-13-19-21(39-5)12-15(2)32-24(19)36)17(4)23(35(20)33-14)16(3)18-8-10-34(11-9-18)26(38)27(28,29)30/h6-7,12,16,18H,8-11,13H2,1-5H3,(H,31,37)(H,32,36). The van der Waals surface area contributed by atoms with Crippen molar-refractivity contribution in [2.45, 2.75) is 59.2 Å². The highest BCUT2D eigenvalue weighted by molar-refractivity contribution is 6.03. The van der Waals surface area contributed by atoms with E-state index >= 15 is 0 Å². The maximum atomic E-state index is 13.5. The predicted molar refractivity (Wildman–Crippen MR) is 138 cm³/mol. The van der Waals surface area contributed by atoms with Gasteiger partial charge in [0, 0.05) is 30.4 Å². The molecule has 0 aliphatic carbocycles. The summed E-state index contributed by atoms with van der Waals surface area (Å²) in [6, 6.07) is 5.29. The van der Waals surface area contributed by atoms with Gasteiger partial charge < -0.3 is 19.9 Å². The van der Waals surface area contributed by atoms with Gasteiger partial charge in [0.25, 0.3) is 11.5 Å². The summed E-state index contributed by atoms with van der Waals surface area (Å²) in [5, 5.41) is 7.48. The van der Waals surface area contributed by atoms with E-state index in [2.05, 4.69) is 15.4 Å². The van der Waals surface area contributed by atoms with Crippen LogP contribution in [0, 0.1) is 26.7 Å². The molecule has 4 heterocycles. The molecule has 3 aromatic heterocycles. The normalized spacial score (nSPS) is 15.4. The summed E-state index contributed by atoms with van der Waals surface area (Å²) in [7, 11) is 1.45. The van der Waals surface area contributed by atoms with Crippen molar-refractivity contribution in [3.63, 3.8) is 0 Å². The number of nitrogens with one attached hydrogen (secondary N) is 2. The monoisotopic (exact) mass is 547 g/mol. The topological polar surface area (TPSA) is 109 Å². The summed E-state index contributed by atoms with van der Waals surface area (Å²) < 4.78 is 45.7. The molecular weight excluding hydrogens is 515 g/mol. The molecule has 12 heteroatoms. The van der Waals surface area contributed by atoms with E-state index in [-0.39, 0.29) is 42.9 Å². The van der Waals surface area contributed by atoms with Gasteiger partial charge in [-0.15, -0.1) is 0 Å². The summed E-state index contributed by atoms with van der Waals surface area (Å²) in [4.78, 5) is 41.2. The lowest BCUT2D eigenvalue weighted by molar-refractivity contribution is -0.186. The zero-order valence-electron chi connectivity index (χ0n) is 22.5. The quantitative estimate of drug-likeness (QED) is 0.488. The zero-order valence-corrected chi connectivity index (χ0v) is 22.5. The van der Waals surface area contributed by atoms with Gasteiger partial charge in [0.1, 0.15) is 5.75 Å². The number of aryl methyl sites for hydroxylation is 2. The number of piperidine rings is 1. The molecule has 0 saturated carbocycles. The highest BCUT2D eigenvalue weighted by atomic mass is 19.4. The van der Waals surface area contributed by atoms with Gasteiger partial charge in [-0.1, -0.05) is 6.92 Å². The van der Waals surface area contributed by atoms with Crippen molar-refractivity contribution in [1.29, 1.82) is 0 Å². The van der Waals surface area contributed by atoms with Crippen molar-refractivity contribution >= 4 is 17.3 Å². The van der Waals surface area contributed by atoms with E-state index in [9.17, 15) is 27.6 Å². The fraction of sp³-hybridized carbons (Fsp3) is 0.481. The minimum Gasteiger partial charge on any atom is -0.496 e. The molecule has 1 aliphatic heterocycles. The van der Waals surface area contributed by atoms with E-state index in [0.717, 1.165) is 16.3 Å². The van der Waals surface area contributed by atoms with Crippen LogP contribution in [-0.4, -0.2) is 57.7 Å². The first-order valence-corrected chi connectivity index (χ1v) is 12.7. The molecule has 1 unspecified atom stereocenters. The number of rotatable bonds is 6. The number of amides is 2. The molecule has 1 saturated heterocycles. The van der Waals surface area contributed by atoms with Crippen LogP contribution in [0.5, 0.6) is 5.75 Å². The average molecular weight is 548 g/mol. The first kappa shape index (κ1) is 28.2. The highest BCUT2D eigenvalue weighted by Gasteiger charge is 2.44. The predicted octanol–water partition coefficient (Wildman–Crippen LogP) is 3.79. The van der Waals surface area contributed by atoms with Gasteiger partial charge in [-0.3, -0.25) is 14.4 Å². The number of pyridine rings is 1. The molecule has 9 nitrogen and oxygen atoms in total. The number of aromatic amines is 1. The Morgan fingerprint density at radius 1 is 1.21 bits per heavy atom. The Labute approximate surface area is 223 Å². The number of likely N-dealkylation sites (tertiary alicyclic amines) is 1. The second kappa shape index (κ2) is 10.7. The van der Waals surface area contributed by atoms with Gasteiger partial charge in [0.15, 0.2) is 0 Å². The molecule has 1 atom stereocenters. The van der Waals surface area contributed by atoms with Gasteiger partial charge >= 0.3 is 12.1 Å². The third-order valence-corrected chi connectivity index (χ3v) is 7.52. The van der Waals surface area contributed by atoms with Crippen LogP contribution in [0.1, 0.15) is 64.2 Å². The molecule has 2 N–H and O–H groups in total. The Kier molecular flexibility index (Phi) is 7.76. The van der Waals surface area contributed by atoms with Crippen LogP contribution in [0.25, 0.3) is 5.52 Å². The molecular formula is C27H32F3N5O4. The van der Waals surface area contributed by atoms with Crippen molar-refractivity contribution in [3.05, 3.63) is 62.3 Å². The number of aromatic nitrogens is 3. The average Bonchev–Trinajstić information content (AvgIpc) is 3.16. The van der Waals surface area contributed by atoms with Crippen molar-refractivity contribution in [1.82, 2.24) is 24.8 Å². The van der Waals surface area contributed by atoms with Crippen molar-refractivity contribution in [2.75, 3.05) is 20.2 Å². The molecule has 1 fully saturated rings. The van der Waals surface area contributed by atoms with Gasteiger partial charge in [0.05, 0.1) is 36.0 Å². The number of hydrogen-bond donors (Lipinski definition) is 2. The van der Waals surface area contributed by atoms with E-state index in [1.54, 1.807) is 23.6 Å². The maximum absolute atomic E-state index is 13.5.